The summed E-state index contributed by atoms with van der Waals surface area (Å²) >= 11 is 11.9. The number of methoxy groups -OCH3 is 1. The van der Waals surface area contributed by atoms with Crippen LogP contribution in [0.15, 0.2) is 66.7 Å². The number of ketones is 1. The fraction of sp³-hybridized carbons (Fsp3) is 0.120. The van der Waals surface area contributed by atoms with Gasteiger partial charge in [0.05, 0.1) is 24.0 Å². The average molecular weight is 515 g/mol. The number of carbonyl (C=O) groups excluding carboxylic acids is 4. The molecule has 180 valence electrons. The maximum Gasteiger partial charge on any atom is 0.340 e. The molecule has 35 heavy (non-hydrogen) atoms. The van der Waals surface area contributed by atoms with E-state index < -0.39 is 31.0 Å². The van der Waals surface area contributed by atoms with Crippen LogP contribution in [0.25, 0.3) is 0 Å². The summed E-state index contributed by atoms with van der Waals surface area (Å²) in [5.74, 6) is -2.17. The van der Waals surface area contributed by atoms with Crippen molar-refractivity contribution in [3.63, 3.8) is 0 Å². The number of esters is 1. The Labute approximate surface area is 211 Å². The third kappa shape index (κ3) is 7.13. The smallest absolute Gasteiger partial charge is 0.340 e. The van der Waals surface area contributed by atoms with Crippen molar-refractivity contribution in [1.29, 1.82) is 0 Å². The van der Waals surface area contributed by atoms with Gasteiger partial charge in [0.25, 0.3) is 0 Å². The van der Waals surface area contributed by atoms with Crippen LogP contribution < -0.4 is 10.6 Å². The van der Waals surface area contributed by atoms with Gasteiger partial charge in [-0.3, -0.25) is 14.4 Å². The summed E-state index contributed by atoms with van der Waals surface area (Å²) in [6, 6.07) is 17.4. The molecule has 3 aromatic rings. The first-order chi connectivity index (χ1) is 16.8. The second-order valence-corrected chi connectivity index (χ2v) is 8.03. The minimum absolute atomic E-state index is 0.0736. The predicted octanol–water partition coefficient (Wildman–Crippen LogP) is 4.60. The van der Waals surface area contributed by atoms with Gasteiger partial charge in [0.15, 0.2) is 5.78 Å². The van der Waals surface area contributed by atoms with Crippen LogP contribution in [0.4, 0.5) is 11.4 Å². The minimum Gasteiger partial charge on any atom is -0.465 e. The van der Waals surface area contributed by atoms with Crippen molar-refractivity contribution >= 4 is 58.1 Å². The first kappa shape index (κ1) is 25.9. The maximum atomic E-state index is 12.9. The Balaban J connectivity index is 1.59. The predicted molar refractivity (Wildman–Crippen MR) is 132 cm³/mol. The van der Waals surface area contributed by atoms with Gasteiger partial charge in [0.2, 0.25) is 11.8 Å². The zero-order chi connectivity index (χ0) is 25.4. The molecule has 8 nitrogen and oxygen atoms in total. The number of nitrogens with one attached hydrogen (secondary N) is 2. The molecule has 0 fully saturated rings. The number of hydrogen-bond donors (Lipinski definition) is 2. The van der Waals surface area contributed by atoms with Crippen molar-refractivity contribution in [1.82, 2.24) is 0 Å². The van der Waals surface area contributed by atoms with Crippen molar-refractivity contribution in [2.24, 2.45) is 0 Å². The number of carbonyl (C=O) groups is 4. The van der Waals surface area contributed by atoms with Crippen LogP contribution >= 0.6 is 23.2 Å². The lowest BCUT2D eigenvalue weighted by molar-refractivity contribution is -0.125. The quantitative estimate of drug-likeness (QED) is 0.318. The van der Waals surface area contributed by atoms with Crippen molar-refractivity contribution < 1.29 is 28.7 Å². The zero-order valence-corrected chi connectivity index (χ0v) is 20.0. The zero-order valence-electron chi connectivity index (χ0n) is 18.5. The summed E-state index contributed by atoms with van der Waals surface area (Å²) in [6.45, 7) is -0.924. The minimum atomic E-state index is -0.674. The van der Waals surface area contributed by atoms with E-state index in [0.717, 1.165) is 0 Å². The molecule has 0 aliphatic carbocycles. The van der Waals surface area contributed by atoms with Crippen molar-refractivity contribution in [3.8, 4) is 0 Å². The van der Waals surface area contributed by atoms with E-state index in [1.807, 2.05) is 0 Å². The van der Waals surface area contributed by atoms with Gasteiger partial charge in [-0.25, -0.2) is 4.79 Å². The molecule has 10 heteroatoms. The van der Waals surface area contributed by atoms with E-state index in [1.54, 1.807) is 30.3 Å². The fourth-order valence-corrected chi connectivity index (χ4v) is 3.42. The first-order valence-corrected chi connectivity index (χ1v) is 11.0. The Morgan fingerprint density at radius 3 is 1.80 bits per heavy atom. The standard InChI is InChI=1S/C25H20Cl2N2O6/c1-34-25(33)19-12-17(27)8-10-21(19)29-23(31)14-35-13-22(30)28-20-9-7-16(26)11-18(20)24(32)15-5-3-2-4-6-15/h2-12H,13-14H2,1H3,(H,28,30)(H,29,31). The molecule has 0 aromatic heterocycles. The average Bonchev–Trinajstić information content (AvgIpc) is 2.85. The second-order valence-electron chi connectivity index (χ2n) is 7.16. The lowest BCUT2D eigenvalue weighted by Crippen LogP contribution is -2.25. The number of ether oxygens (including phenoxy) is 2. The molecule has 0 radical (unpaired) electrons. The third-order valence-electron chi connectivity index (χ3n) is 4.66. The Kier molecular flexibility index (Phi) is 8.97. The highest BCUT2D eigenvalue weighted by Gasteiger charge is 2.17. The Hall–Kier alpha value is -3.72. The maximum absolute atomic E-state index is 12.9. The van der Waals surface area contributed by atoms with Crippen LogP contribution in [0.1, 0.15) is 26.3 Å². The molecule has 0 unspecified atom stereocenters. The van der Waals surface area contributed by atoms with Crippen LogP contribution in [0.5, 0.6) is 0 Å². The summed E-state index contributed by atoms with van der Waals surface area (Å²) in [4.78, 5) is 49.4. The summed E-state index contributed by atoms with van der Waals surface area (Å²) in [7, 11) is 1.20. The van der Waals surface area contributed by atoms with Crippen LogP contribution in [0.2, 0.25) is 10.0 Å². The van der Waals surface area contributed by atoms with Gasteiger partial charge < -0.3 is 20.1 Å². The number of hydrogen-bond acceptors (Lipinski definition) is 6. The van der Waals surface area contributed by atoms with E-state index in [0.29, 0.717) is 15.6 Å². The molecular formula is C25H20Cl2N2O6. The van der Waals surface area contributed by atoms with Crippen LogP contribution in [0.3, 0.4) is 0 Å². The summed E-state index contributed by atoms with van der Waals surface area (Å²) in [5.41, 5.74) is 1.17. The van der Waals surface area contributed by atoms with Crippen molar-refractivity contribution in [2.75, 3.05) is 31.0 Å². The summed E-state index contributed by atoms with van der Waals surface area (Å²) in [6.07, 6.45) is 0. The normalized spacial score (nSPS) is 10.4. The van der Waals surface area contributed by atoms with E-state index in [4.69, 9.17) is 27.9 Å². The van der Waals surface area contributed by atoms with Crippen LogP contribution in [0, 0.1) is 0 Å². The van der Waals surface area contributed by atoms with Gasteiger partial charge in [-0.2, -0.15) is 0 Å². The van der Waals surface area contributed by atoms with E-state index in [9.17, 15) is 19.2 Å². The van der Waals surface area contributed by atoms with Gasteiger partial charge in [-0.05, 0) is 36.4 Å². The summed E-state index contributed by atoms with van der Waals surface area (Å²) < 4.78 is 9.86. The number of halogens is 2. The number of benzene rings is 3. The third-order valence-corrected chi connectivity index (χ3v) is 5.13. The van der Waals surface area contributed by atoms with Gasteiger partial charge >= 0.3 is 5.97 Å². The van der Waals surface area contributed by atoms with E-state index in [2.05, 4.69) is 15.4 Å². The molecule has 0 bridgehead atoms. The van der Waals surface area contributed by atoms with E-state index >= 15 is 0 Å². The SMILES string of the molecule is COC(=O)c1cc(Cl)ccc1NC(=O)COCC(=O)Nc1ccc(Cl)cc1C(=O)c1ccccc1. The number of rotatable bonds is 9. The molecule has 0 saturated carbocycles. The van der Waals surface area contributed by atoms with Crippen molar-refractivity contribution in [3.05, 3.63) is 93.5 Å². The molecule has 0 aliphatic heterocycles. The van der Waals surface area contributed by atoms with Gasteiger partial charge in [-0.1, -0.05) is 53.5 Å². The highest BCUT2D eigenvalue weighted by molar-refractivity contribution is 6.31. The molecule has 2 N–H and O–H groups in total. The Morgan fingerprint density at radius 2 is 1.26 bits per heavy atom. The molecule has 3 rings (SSSR count). The Morgan fingerprint density at radius 1 is 0.743 bits per heavy atom. The topological polar surface area (TPSA) is 111 Å². The number of anilines is 2. The fourth-order valence-electron chi connectivity index (χ4n) is 3.07. The lowest BCUT2D eigenvalue weighted by atomic mass is 10.0. The van der Waals surface area contributed by atoms with E-state index in [1.165, 1.54) is 43.5 Å². The first-order valence-electron chi connectivity index (χ1n) is 10.2. The molecule has 0 saturated heterocycles. The highest BCUT2D eigenvalue weighted by atomic mass is 35.5. The largest absolute Gasteiger partial charge is 0.465 e. The second kappa shape index (κ2) is 12.1. The van der Waals surface area contributed by atoms with Crippen LogP contribution in [-0.2, 0) is 19.1 Å². The monoisotopic (exact) mass is 514 g/mol. The molecule has 3 aromatic carbocycles. The molecule has 0 spiro atoms. The molecular weight excluding hydrogens is 495 g/mol. The lowest BCUT2D eigenvalue weighted by Gasteiger charge is -2.12. The summed E-state index contributed by atoms with van der Waals surface area (Å²) in [5, 5.41) is 5.74. The van der Waals surface area contributed by atoms with Crippen molar-refractivity contribution in [2.45, 2.75) is 0 Å². The molecule has 0 heterocycles. The van der Waals surface area contributed by atoms with Gasteiger partial charge in [0, 0.05) is 21.2 Å². The highest BCUT2D eigenvalue weighted by Crippen LogP contribution is 2.24. The van der Waals surface area contributed by atoms with Gasteiger partial charge in [0.1, 0.15) is 13.2 Å². The molecule has 0 atom stereocenters. The number of amides is 2. The van der Waals surface area contributed by atoms with Gasteiger partial charge in [-0.15, -0.1) is 0 Å². The molecule has 2 amide bonds. The Bertz CT molecular complexity index is 1260. The molecule has 0 aliphatic rings. The van der Waals surface area contributed by atoms with Crippen LogP contribution in [-0.4, -0.2) is 43.9 Å². The van der Waals surface area contributed by atoms with E-state index in [-0.39, 0.29) is 28.3 Å².